The molecule has 0 amide bonds. The molecule has 0 unspecified atom stereocenters. The molecule has 0 aliphatic rings. The fourth-order valence-electron chi connectivity index (χ4n) is 6.26. The molecule has 0 aliphatic heterocycles. The highest BCUT2D eigenvalue weighted by atomic mass is 15.0. The summed E-state index contributed by atoms with van der Waals surface area (Å²) in [6.45, 7) is 7.39. The van der Waals surface area contributed by atoms with Gasteiger partial charge in [0.2, 0.25) is 0 Å². The van der Waals surface area contributed by atoms with E-state index in [0.29, 0.717) is 5.82 Å². The number of nitrogens with zero attached hydrogens (tertiary/aromatic N) is 3. The Morgan fingerprint density at radius 1 is 0.537 bits per heavy atom. The minimum absolute atomic E-state index is 0.402. The molecule has 0 fully saturated rings. The number of para-hydroxylation sites is 1. The molecule has 0 saturated carbocycles. The van der Waals surface area contributed by atoms with Gasteiger partial charge in [-0.3, -0.25) is 0 Å². The molecule has 0 atom stereocenters. The molecule has 0 radical (unpaired) electrons. The van der Waals surface area contributed by atoms with E-state index >= 15 is 0 Å². The van der Waals surface area contributed by atoms with E-state index in [2.05, 4.69) is 136 Å². The zero-order chi connectivity index (χ0) is 27.3. The van der Waals surface area contributed by atoms with Gasteiger partial charge in [-0.05, 0) is 86.3 Å². The molecular formula is C38H23N3. The molecule has 0 aliphatic carbocycles. The number of pyridine rings is 1. The molecule has 8 aromatic rings. The van der Waals surface area contributed by atoms with Crippen molar-refractivity contribution in [2.24, 2.45) is 0 Å². The van der Waals surface area contributed by atoms with Gasteiger partial charge in [-0.25, -0.2) is 0 Å². The van der Waals surface area contributed by atoms with Crippen LogP contribution in [-0.4, -0.2) is 9.55 Å². The lowest BCUT2D eigenvalue weighted by molar-refractivity contribution is 1.18. The molecule has 0 N–H and O–H groups in total. The molecule has 0 spiro atoms. The van der Waals surface area contributed by atoms with Gasteiger partial charge < -0.3 is 9.41 Å². The van der Waals surface area contributed by atoms with Crippen molar-refractivity contribution in [3.05, 3.63) is 151 Å². The Bertz CT molecular complexity index is 2320. The van der Waals surface area contributed by atoms with Crippen molar-refractivity contribution >= 4 is 49.2 Å². The van der Waals surface area contributed by atoms with E-state index in [1.165, 1.54) is 48.9 Å². The molecule has 6 aromatic carbocycles. The lowest BCUT2D eigenvalue weighted by Gasteiger charge is -2.13. The summed E-state index contributed by atoms with van der Waals surface area (Å²) in [6, 6.07) is 47.3. The van der Waals surface area contributed by atoms with Gasteiger partial charge in [-0.15, -0.1) is 4.98 Å². The molecule has 3 heteroatoms. The molecule has 2 heterocycles. The van der Waals surface area contributed by atoms with Gasteiger partial charge in [-0.2, -0.15) is 0 Å². The Labute approximate surface area is 237 Å². The number of rotatable bonds is 3. The van der Waals surface area contributed by atoms with Crippen molar-refractivity contribution in [1.82, 2.24) is 9.55 Å². The molecule has 0 saturated heterocycles. The lowest BCUT2D eigenvalue weighted by atomic mass is 9.92. The third-order valence-corrected chi connectivity index (χ3v) is 8.04. The van der Waals surface area contributed by atoms with Gasteiger partial charge in [0.1, 0.15) is 6.20 Å². The second kappa shape index (κ2) is 9.19. The van der Waals surface area contributed by atoms with Crippen molar-refractivity contribution in [2.75, 3.05) is 0 Å². The topological polar surface area (TPSA) is 22.2 Å². The Kier molecular flexibility index (Phi) is 5.20. The van der Waals surface area contributed by atoms with E-state index in [4.69, 9.17) is 6.57 Å². The van der Waals surface area contributed by atoms with Crippen LogP contribution in [0.5, 0.6) is 0 Å². The Morgan fingerprint density at radius 3 is 2.10 bits per heavy atom. The zero-order valence-corrected chi connectivity index (χ0v) is 22.1. The van der Waals surface area contributed by atoms with Gasteiger partial charge >= 0.3 is 0 Å². The van der Waals surface area contributed by atoms with Crippen molar-refractivity contribution in [2.45, 2.75) is 0 Å². The molecule has 3 nitrogen and oxygen atoms in total. The number of fused-ring (bicyclic) bond motifs is 7. The molecule has 41 heavy (non-hydrogen) atoms. The summed E-state index contributed by atoms with van der Waals surface area (Å²) in [7, 11) is 0. The Morgan fingerprint density at radius 2 is 1.24 bits per heavy atom. The largest absolute Gasteiger partial charge is 0.361 e. The molecule has 0 bridgehead atoms. The molecule has 2 aromatic heterocycles. The van der Waals surface area contributed by atoms with Crippen LogP contribution in [0.3, 0.4) is 0 Å². The van der Waals surface area contributed by atoms with E-state index in [1.807, 2.05) is 12.1 Å². The summed E-state index contributed by atoms with van der Waals surface area (Å²) in [5, 5.41) is 7.50. The first-order valence-electron chi connectivity index (χ1n) is 13.7. The van der Waals surface area contributed by atoms with Gasteiger partial charge in [0.25, 0.3) is 5.82 Å². The first-order chi connectivity index (χ1) is 20.3. The maximum absolute atomic E-state index is 7.39. The van der Waals surface area contributed by atoms with E-state index in [9.17, 15) is 0 Å². The Hall–Kier alpha value is -5.72. The van der Waals surface area contributed by atoms with Crippen molar-refractivity contribution in [3.8, 4) is 27.9 Å². The third-order valence-electron chi connectivity index (χ3n) is 8.04. The summed E-state index contributed by atoms with van der Waals surface area (Å²) >= 11 is 0. The van der Waals surface area contributed by atoms with Gasteiger partial charge in [0.05, 0.1) is 11.0 Å². The minimum atomic E-state index is 0.402. The van der Waals surface area contributed by atoms with Crippen LogP contribution in [0, 0.1) is 6.57 Å². The number of aromatic nitrogens is 2. The highest BCUT2D eigenvalue weighted by molar-refractivity contribution is 6.30. The molecule has 190 valence electrons. The fraction of sp³-hybridized carbons (Fsp3) is 0. The normalized spacial score (nSPS) is 11.4. The monoisotopic (exact) mass is 521 g/mol. The van der Waals surface area contributed by atoms with Crippen LogP contribution in [0.4, 0.5) is 5.82 Å². The minimum Gasteiger partial charge on any atom is -0.361 e. The summed E-state index contributed by atoms with van der Waals surface area (Å²) in [5.74, 6) is 0.402. The highest BCUT2D eigenvalue weighted by Gasteiger charge is 2.19. The van der Waals surface area contributed by atoms with Crippen molar-refractivity contribution in [3.63, 3.8) is 0 Å². The lowest BCUT2D eigenvalue weighted by Crippen LogP contribution is -1.94. The second-order valence-electron chi connectivity index (χ2n) is 10.3. The number of hydrogen-bond donors (Lipinski definition) is 0. The van der Waals surface area contributed by atoms with Crippen LogP contribution >= 0.6 is 0 Å². The van der Waals surface area contributed by atoms with Crippen LogP contribution in [0.2, 0.25) is 0 Å². The van der Waals surface area contributed by atoms with E-state index in [1.54, 1.807) is 6.20 Å². The summed E-state index contributed by atoms with van der Waals surface area (Å²) < 4.78 is 2.40. The van der Waals surface area contributed by atoms with E-state index in [0.717, 1.165) is 22.4 Å². The third kappa shape index (κ3) is 3.62. The molecular weight excluding hydrogens is 498 g/mol. The first-order valence-corrected chi connectivity index (χ1v) is 13.7. The maximum Gasteiger partial charge on any atom is 0.270 e. The smallest absolute Gasteiger partial charge is 0.270 e. The van der Waals surface area contributed by atoms with Gasteiger partial charge in [0, 0.05) is 16.5 Å². The van der Waals surface area contributed by atoms with E-state index < -0.39 is 0 Å². The summed E-state index contributed by atoms with van der Waals surface area (Å²) in [4.78, 5) is 7.69. The van der Waals surface area contributed by atoms with Crippen LogP contribution < -0.4 is 0 Å². The Balaban J connectivity index is 1.51. The summed E-state index contributed by atoms with van der Waals surface area (Å²) in [5.41, 5.74) is 7.89. The molecule has 8 rings (SSSR count). The van der Waals surface area contributed by atoms with Crippen LogP contribution in [0.25, 0.3) is 76.1 Å². The number of hydrogen-bond acceptors (Lipinski definition) is 1. The zero-order valence-electron chi connectivity index (χ0n) is 22.1. The maximum atomic E-state index is 7.39. The van der Waals surface area contributed by atoms with Crippen molar-refractivity contribution in [1.29, 1.82) is 0 Å². The quantitative estimate of drug-likeness (QED) is 0.212. The second-order valence-corrected chi connectivity index (χ2v) is 10.3. The highest BCUT2D eigenvalue weighted by Crippen LogP contribution is 2.44. The fourth-order valence-corrected chi connectivity index (χ4v) is 6.26. The predicted octanol–water partition coefficient (Wildman–Crippen LogP) is 10.4. The number of benzene rings is 6. The van der Waals surface area contributed by atoms with Crippen molar-refractivity contribution < 1.29 is 0 Å². The average molecular weight is 522 g/mol. The van der Waals surface area contributed by atoms with Crippen LogP contribution in [0.1, 0.15) is 0 Å². The first kappa shape index (κ1) is 23.2. The van der Waals surface area contributed by atoms with Crippen LogP contribution in [0.15, 0.2) is 140 Å². The van der Waals surface area contributed by atoms with Gasteiger partial charge in [-0.1, -0.05) is 97.6 Å². The SMILES string of the molecule is [C-]#[N+]c1cc(-c2cccc(-c3cc4c(c5ccccc35)c3c5ccccc5ccc3n4-c3ccccc3)c2)ccn1. The predicted molar refractivity (Wildman–Crippen MR) is 171 cm³/mol. The van der Waals surface area contributed by atoms with Gasteiger partial charge in [0.15, 0.2) is 0 Å². The van der Waals surface area contributed by atoms with E-state index in [-0.39, 0.29) is 0 Å². The standard InChI is InChI=1S/C38H23N3/c1-39-36-23-27(20-21-40-36)26-11-9-12-28(22-26)33-24-35-38(32-17-8-7-16-31(32)33)37-30-15-6-5-10-25(30)18-19-34(37)41(35)29-13-3-2-4-14-29/h2-24H. The van der Waals surface area contributed by atoms with Crippen LogP contribution in [-0.2, 0) is 0 Å². The summed E-state index contributed by atoms with van der Waals surface area (Å²) in [6.07, 6.45) is 1.71. The average Bonchev–Trinajstić information content (AvgIpc) is 3.40.